The fourth-order valence-corrected chi connectivity index (χ4v) is 2.69. The predicted molar refractivity (Wildman–Crippen MR) is 79.7 cm³/mol. The van der Waals surface area contributed by atoms with Gasteiger partial charge in [-0.25, -0.2) is 0 Å². The van der Waals surface area contributed by atoms with E-state index in [2.05, 4.69) is 10.6 Å². The molecule has 0 spiro atoms. The number of para-hydroxylation sites is 1. The molecule has 1 aromatic carbocycles. The van der Waals surface area contributed by atoms with Gasteiger partial charge in [-0.3, -0.25) is 9.59 Å². The summed E-state index contributed by atoms with van der Waals surface area (Å²) < 4.78 is 38.6. The maximum absolute atomic E-state index is 12.9. The lowest BCUT2D eigenvalue weighted by Gasteiger charge is -2.17. The number of carbonyl (C=O) groups excluding carboxylic acids is 2. The van der Waals surface area contributed by atoms with Crippen molar-refractivity contribution in [2.75, 3.05) is 5.32 Å². The Morgan fingerprint density at radius 3 is 2.17 bits per heavy atom. The molecule has 1 aliphatic carbocycles. The molecule has 0 unspecified atom stereocenters. The summed E-state index contributed by atoms with van der Waals surface area (Å²) in [6, 6.07) is 4.49. The highest BCUT2D eigenvalue weighted by Crippen LogP contribution is 2.34. The third kappa shape index (κ3) is 4.97. The molecule has 23 heavy (non-hydrogen) atoms. The fourth-order valence-electron chi connectivity index (χ4n) is 2.69. The van der Waals surface area contributed by atoms with Crippen molar-refractivity contribution in [1.82, 2.24) is 5.32 Å². The number of hydrogen-bond acceptors (Lipinski definition) is 2. The summed E-state index contributed by atoms with van der Waals surface area (Å²) >= 11 is 0. The maximum Gasteiger partial charge on any atom is 0.418 e. The number of hydrogen-bond donors (Lipinski definition) is 2. The van der Waals surface area contributed by atoms with Crippen molar-refractivity contribution in [2.45, 2.75) is 50.7 Å². The zero-order valence-corrected chi connectivity index (χ0v) is 12.6. The third-order valence-electron chi connectivity index (χ3n) is 3.88. The zero-order chi connectivity index (χ0) is 16.9. The standard InChI is InChI=1S/C16H19F3N2O2/c17-16(18,19)12-9-5-6-10-13(12)21-15(23)14(22)20-11-7-3-1-2-4-8-11/h5-6,9-11H,1-4,7-8H2,(H,20,22)(H,21,23). The van der Waals surface area contributed by atoms with Gasteiger partial charge in [0.15, 0.2) is 0 Å². The Morgan fingerprint density at radius 1 is 0.957 bits per heavy atom. The molecule has 0 aliphatic heterocycles. The van der Waals surface area contributed by atoms with Crippen molar-refractivity contribution < 1.29 is 22.8 Å². The summed E-state index contributed by atoms with van der Waals surface area (Å²) in [4.78, 5) is 23.7. The molecule has 2 amide bonds. The van der Waals surface area contributed by atoms with Crippen molar-refractivity contribution in [1.29, 1.82) is 0 Å². The van der Waals surface area contributed by atoms with Crippen LogP contribution in [-0.4, -0.2) is 17.9 Å². The number of rotatable bonds is 2. The number of nitrogens with one attached hydrogen (secondary N) is 2. The van der Waals surface area contributed by atoms with E-state index in [9.17, 15) is 22.8 Å². The first-order valence-corrected chi connectivity index (χ1v) is 7.66. The van der Waals surface area contributed by atoms with Gasteiger partial charge in [-0.1, -0.05) is 37.8 Å². The van der Waals surface area contributed by atoms with Crippen LogP contribution in [0.4, 0.5) is 18.9 Å². The lowest BCUT2D eigenvalue weighted by atomic mass is 10.1. The summed E-state index contributed by atoms with van der Waals surface area (Å²) in [5, 5.41) is 4.66. The van der Waals surface area contributed by atoms with Crippen LogP contribution in [0, 0.1) is 0 Å². The van der Waals surface area contributed by atoms with E-state index < -0.39 is 29.2 Å². The minimum Gasteiger partial charge on any atom is -0.345 e. The first-order chi connectivity index (χ1) is 10.9. The first kappa shape index (κ1) is 17.3. The van der Waals surface area contributed by atoms with Crippen LogP contribution < -0.4 is 10.6 Å². The molecule has 0 bridgehead atoms. The normalized spacial score (nSPS) is 16.5. The minimum absolute atomic E-state index is 0.0893. The van der Waals surface area contributed by atoms with E-state index in [0.29, 0.717) is 0 Å². The second-order valence-corrected chi connectivity index (χ2v) is 5.66. The molecule has 0 atom stereocenters. The van der Waals surface area contributed by atoms with Gasteiger partial charge in [0, 0.05) is 6.04 Å². The molecule has 1 aliphatic rings. The molecule has 1 aromatic rings. The van der Waals surface area contributed by atoms with Crippen LogP contribution in [0.1, 0.15) is 44.1 Å². The van der Waals surface area contributed by atoms with Crippen molar-refractivity contribution in [3.63, 3.8) is 0 Å². The van der Waals surface area contributed by atoms with E-state index in [4.69, 9.17) is 0 Å². The highest BCUT2D eigenvalue weighted by molar-refractivity contribution is 6.39. The Kier molecular flexibility index (Phi) is 5.63. The van der Waals surface area contributed by atoms with Crippen molar-refractivity contribution >= 4 is 17.5 Å². The Morgan fingerprint density at radius 2 is 1.57 bits per heavy atom. The van der Waals surface area contributed by atoms with E-state index in [-0.39, 0.29) is 6.04 Å². The summed E-state index contributed by atoms with van der Waals surface area (Å²) in [6.07, 6.45) is 1.12. The van der Waals surface area contributed by atoms with Gasteiger partial charge in [0.1, 0.15) is 0 Å². The molecule has 4 nitrogen and oxygen atoms in total. The maximum atomic E-state index is 12.9. The molecule has 0 heterocycles. The topological polar surface area (TPSA) is 58.2 Å². The second kappa shape index (κ2) is 7.48. The minimum atomic E-state index is -4.60. The molecule has 0 aromatic heterocycles. The zero-order valence-electron chi connectivity index (χ0n) is 12.6. The average Bonchev–Trinajstić information content (AvgIpc) is 2.75. The summed E-state index contributed by atoms with van der Waals surface area (Å²) in [5.41, 5.74) is -1.39. The highest BCUT2D eigenvalue weighted by atomic mass is 19.4. The third-order valence-corrected chi connectivity index (χ3v) is 3.88. The molecule has 0 radical (unpaired) electrons. The molecule has 1 fully saturated rings. The number of benzene rings is 1. The van der Waals surface area contributed by atoms with Crippen LogP contribution in [-0.2, 0) is 15.8 Å². The van der Waals surface area contributed by atoms with Gasteiger partial charge >= 0.3 is 18.0 Å². The van der Waals surface area contributed by atoms with Gasteiger partial charge in [0.25, 0.3) is 0 Å². The molecule has 7 heteroatoms. The number of halogens is 3. The lowest BCUT2D eigenvalue weighted by molar-refractivity contribution is -0.138. The molecule has 0 saturated heterocycles. The van der Waals surface area contributed by atoms with E-state index in [1.165, 1.54) is 12.1 Å². The average molecular weight is 328 g/mol. The first-order valence-electron chi connectivity index (χ1n) is 7.66. The Hall–Kier alpha value is -2.05. The molecular weight excluding hydrogens is 309 g/mol. The largest absolute Gasteiger partial charge is 0.418 e. The smallest absolute Gasteiger partial charge is 0.345 e. The number of amides is 2. The van der Waals surface area contributed by atoms with Crippen molar-refractivity contribution in [2.24, 2.45) is 0 Å². The fraction of sp³-hybridized carbons (Fsp3) is 0.500. The highest BCUT2D eigenvalue weighted by Gasteiger charge is 2.34. The quantitative estimate of drug-likeness (QED) is 0.645. The van der Waals surface area contributed by atoms with Crippen LogP contribution >= 0.6 is 0 Å². The summed E-state index contributed by atoms with van der Waals surface area (Å²) in [5.74, 6) is -1.97. The molecule has 2 rings (SSSR count). The Bertz CT molecular complexity index is 565. The van der Waals surface area contributed by atoms with E-state index in [0.717, 1.165) is 50.7 Å². The lowest BCUT2D eigenvalue weighted by Crippen LogP contribution is -2.41. The van der Waals surface area contributed by atoms with Gasteiger partial charge < -0.3 is 10.6 Å². The van der Waals surface area contributed by atoms with Crippen LogP contribution in [0.2, 0.25) is 0 Å². The van der Waals surface area contributed by atoms with Gasteiger partial charge in [0.2, 0.25) is 0 Å². The second-order valence-electron chi connectivity index (χ2n) is 5.66. The molecular formula is C16H19F3N2O2. The Balaban J connectivity index is 2.00. The summed E-state index contributed by atoms with van der Waals surface area (Å²) in [6.45, 7) is 0. The number of carbonyl (C=O) groups is 2. The van der Waals surface area contributed by atoms with E-state index in [1.54, 1.807) is 0 Å². The van der Waals surface area contributed by atoms with Crippen LogP contribution in [0.5, 0.6) is 0 Å². The van der Waals surface area contributed by atoms with Gasteiger partial charge in [0.05, 0.1) is 11.3 Å². The van der Waals surface area contributed by atoms with E-state index in [1.807, 2.05) is 0 Å². The van der Waals surface area contributed by atoms with Crippen LogP contribution in [0.25, 0.3) is 0 Å². The number of anilines is 1. The summed E-state index contributed by atoms with van der Waals surface area (Å²) in [7, 11) is 0. The molecule has 1 saturated carbocycles. The van der Waals surface area contributed by atoms with Crippen molar-refractivity contribution in [3.05, 3.63) is 29.8 Å². The molecule has 126 valence electrons. The molecule has 2 N–H and O–H groups in total. The SMILES string of the molecule is O=C(Nc1ccccc1C(F)(F)F)C(=O)NC1CCCCCC1. The van der Waals surface area contributed by atoms with Crippen LogP contribution in [0.15, 0.2) is 24.3 Å². The van der Waals surface area contributed by atoms with Gasteiger partial charge in [-0.15, -0.1) is 0 Å². The van der Waals surface area contributed by atoms with E-state index >= 15 is 0 Å². The Labute approximate surface area is 132 Å². The van der Waals surface area contributed by atoms with Gasteiger partial charge in [-0.2, -0.15) is 13.2 Å². The van der Waals surface area contributed by atoms with Crippen LogP contribution in [0.3, 0.4) is 0 Å². The predicted octanol–water partition coefficient (Wildman–Crippen LogP) is 3.48. The van der Waals surface area contributed by atoms with Gasteiger partial charge in [-0.05, 0) is 25.0 Å². The number of alkyl halides is 3. The van der Waals surface area contributed by atoms with Crippen molar-refractivity contribution in [3.8, 4) is 0 Å². The monoisotopic (exact) mass is 328 g/mol.